The monoisotopic (exact) mass is 364 g/mol. The molecule has 4 rings (SSSR count). The largest absolute Gasteiger partial charge is 0.343 e. The molecular weight excluding hydrogens is 340 g/mol. The summed E-state index contributed by atoms with van der Waals surface area (Å²) in [7, 11) is 0. The molecule has 2 aromatic carbocycles. The number of fused-ring (bicyclic) bond motifs is 2. The lowest BCUT2D eigenvalue weighted by atomic mass is 10.00. The Morgan fingerprint density at radius 3 is 2.42 bits per heavy atom. The maximum atomic E-state index is 4.83. The van der Waals surface area contributed by atoms with Crippen molar-refractivity contribution in [1.82, 2.24) is 9.55 Å². The fourth-order valence-corrected chi connectivity index (χ4v) is 3.82. The molecule has 0 aliphatic rings. The molecule has 0 saturated heterocycles. The van der Waals surface area contributed by atoms with E-state index >= 15 is 0 Å². The second-order valence-corrected chi connectivity index (χ2v) is 7.30. The van der Waals surface area contributed by atoms with Gasteiger partial charge in [0.15, 0.2) is 0 Å². The van der Waals surface area contributed by atoms with E-state index in [2.05, 4.69) is 80.8 Å². The van der Waals surface area contributed by atoms with E-state index in [1.54, 1.807) is 0 Å². The first kappa shape index (κ1) is 18.5. The number of aromatic nitrogens is 2. The predicted molar refractivity (Wildman–Crippen MR) is 114 cm³/mol. The maximum Gasteiger partial charge on any atom is 0.0951 e. The fourth-order valence-electron chi connectivity index (χ4n) is 3.82. The van der Waals surface area contributed by atoms with Crippen molar-refractivity contribution in [2.75, 3.05) is 0 Å². The smallest absolute Gasteiger partial charge is 0.0951 e. The Morgan fingerprint density at radius 2 is 1.65 bits per heavy atom. The first-order valence-electron chi connectivity index (χ1n) is 9.00. The van der Waals surface area contributed by atoms with Crippen molar-refractivity contribution in [2.24, 2.45) is 5.92 Å². The zero-order chi connectivity index (χ0) is 17.6. The van der Waals surface area contributed by atoms with Crippen LogP contribution >= 0.6 is 12.4 Å². The predicted octanol–water partition coefficient (Wildman–Crippen LogP) is 6.55. The molecule has 2 nitrogen and oxygen atoms in total. The van der Waals surface area contributed by atoms with Crippen LogP contribution in [0.4, 0.5) is 0 Å². The van der Waals surface area contributed by atoms with Crippen LogP contribution in [-0.2, 0) is 6.54 Å². The maximum absolute atomic E-state index is 4.83. The van der Waals surface area contributed by atoms with E-state index in [1.807, 2.05) is 6.20 Å². The Bertz CT molecular complexity index is 1070. The minimum absolute atomic E-state index is 0. The summed E-state index contributed by atoms with van der Waals surface area (Å²) in [6.45, 7) is 10.0. The van der Waals surface area contributed by atoms with Gasteiger partial charge in [-0.2, -0.15) is 0 Å². The molecule has 0 amide bonds. The lowest BCUT2D eigenvalue weighted by Gasteiger charge is -2.14. The average Bonchev–Trinajstić information content (AvgIpc) is 2.86. The topological polar surface area (TPSA) is 17.8 Å². The molecule has 0 radical (unpaired) electrons. The SMILES string of the molecule is Cc1c(C)n(CC(C)C)c2c(-c3cccc4ccccc34)nccc12.Cl. The van der Waals surface area contributed by atoms with Crippen molar-refractivity contribution in [2.45, 2.75) is 34.2 Å². The minimum atomic E-state index is 0. The minimum Gasteiger partial charge on any atom is -0.343 e. The van der Waals surface area contributed by atoms with Crippen LogP contribution in [0.15, 0.2) is 54.7 Å². The summed E-state index contributed by atoms with van der Waals surface area (Å²) in [4.78, 5) is 4.83. The molecule has 0 aliphatic carbocycles. The van der Waals surface area contributed by atoms with Crippen LogP contribution < -0.4 is 0 Å². The molecule has 2 aromatic heterocycles. The summed E-state index contributed by atoms with van der Waals surface area (Å²) >= 11 is 0. The third kappa shape index (κ3) is 2.89. The van der Waals surface area contributed by atoms with Gasteiger partial charge < -0.3 is 4.57 Å². The van der Waals surface area contributed by atoms with Gasteiger partial charge in [-0.15, -0.1) is 12.4 Å². The lowest BCUT2D eigenvalue weighted by molar-refractivity contribution is 0.527. The van der Waals surface area contributed by atoms with Crippen molar-refractivity contribution in [1.29, 1.82) is 0 Å². The Hall–Kier alpha value is -2.32. The van der Waals surface area contributed by atoms with Crippen LogP contribution in [0.5, 0.6) is 0 Å². The number of nitrogens with zero attached hydrogens (tertiary/aromatic N) is 2. The molecule has 0 atom stereocenters. The standard InChI is InChI=1S/C23H24N2.ClH/c1-15(2)14-25-17(4)16(3)19-12-13-24-22(23(19)25)21-11-7-9-18-8-5-6-10-20(18)21;/h5-13,15H,14H2,1-4H3;1H. The van der Waals surface area contributed by atoms with E-state index in [-0.39, 0.29) is 12.4 Å². The third-order valence-electron chi connectivity index (χ3n) is 5.14. The normalized spacial score (nSPS) is 11.3. The van der Waals surface area contributed by atoms with E-state index in [0.29, 0.717) is 5.92 Å². The molecule has 2 heterocycles. The molecule has 26 heavy (non-hydrogen) atoms. The summed E-state index contributed by atoms with van der Waals surface area (Å²) in [6.07, 6.45) is 1.95. The van der Waals surface area contributed by atoms with Crippen LogP contribution in [0.3, 0.4) is 0 Å². The van der Waals surface area contributed by atoms with E-state index in [9.17, 15) is 0 Å². The quantitative estimate of drug-likeness (QED) is 0.403. The zero-order valence-corrected chi connectivity index (χ0v) is 16.6. The summed E-state index contributed by atoms with van der Waals surface area (Å²) in [6, 6.07) is 17.2. The Morgan fingerprint density at radius 1 is 0.923 bits per heavy atom. The van der Waals surface area contributed by atoms with Crippen molar-refractivity contribution in [3.8, 4) is 11.3 Å². The molecule has 134 valence electrons. The second kappa shape index (κ2) is 7.13. The first-order valence-corrected chi connectivity index (χ1v) is 9.00. The number of halogens is 1. The van der Waals surface area contributed by atoms with Gasteiger partial charge in [0, 0.05) is 29.4 Å². The van der Waals surface area contributed by atoms with Gasteiger partial charge >= 0.3 is 0 Å². The van der Waals surface area contributed by atoms with Crippen LogP contribution in [-0.4, -0.2) is 9.55 Å². The van der Waals surface area contributed by atoms with Crippen LogP contribution in [0.25, 0.3) is 32.9 Å². The van der Waals surface area contributed by atoms with Gasteiger partial charge in [-0.3, -0.25) is 4.98 Å². The molecule has 0 bridgehead atoms. The number of aryl methyl sites for hydroxylation is 1. The molecule has 0 unspecified atom stereocenters. The van der Waals surface area contributed by atoms with Gasteiger partial charge in [0.05, 0.1) is 11.2 Å². The summed E-state index contributed by atoms with van der Waals surface area (Å²) < 4.78 is 2.46. The van der Waals surface area contributed by atoms with Gasteiger partial charge in [0.25, 0.3) is 0 Å². The van der Waals surface area contributed by atoms with Crippen molar-refractivity contribution in [3.63, 3.8) is 0 Å². The fraction of sp³-hybridized carbons (Fsp3) is 0.261. The van der Waals surface area contributed by atoms with Gasteiger partial charge in [-0.1, -0.05) is 56.3 Å². The van der Waals surface area contributed by atoms with Crippen LogP contribution in [0.2, 0.25) is 0 Å². The number of pyridine rings is 1. The molecule has 4 aromatic rings. The number of hydrogen-bond donors (Lipinski definition) is 0. The molecule has 0 fully saturated rings. The summed E-state index contributed by atoms with van der Waals surface area (Å²) in [5.74, 6) is 0.592. The van der Waals surface area contributed by atoms with E-state index in [0.717, 1.165) is 12.2 Å². The Balaban J connectivity index is 0.00000196. The highest BCUT2D eigenvalue weighted by molar-refractivity contribution is 6.03. The molecule has 0 spiro atoms. The number of benzene rings is 2. The van der Waals surface area contributed by atoms with Crippen molar-refractivity contribution < 1.29 is 0 Å². The van der Waals surface area contributed by atoms with Gasteiger partial charge in [-0.25, -0.2) is 0 Å². The van der Waals surface area contributed by atoms with Crippen LogP contribution in [0.1, 0.15) is 25.1 Å². The van der Waals surface area contributed by atoms with E-state index in [1.165, 1.54) is 38.5 Å². The second-order valence-electron chi connectivity index (χ2n) is 7.30. The van der Waals surface area contributed by atoms with Gasteiger partial charge in [-0.05, 0) is 42.2 Å². The Kier molecular flexibility index (Phi) is 5.06. The highest BCUT2D eigenvalue weighted by atomic mass is 35.5. The summed E-state index contributed by atoms with van der Waals surface area (Å²) in [5, 5.41) is 3.84. The number of rotatable bonds is 3. The molecule has 0 saturated carbocycles. The van der Waals surface area contributed by atoms with Crippen molar-refractivity contribution in [3.05, 3.63) is 66.0 Å². The van der Waals surface area contributed by atoms with Crippen LogP contribution in [0, 0.1) is 19.8 Å². The first-order chi connectivity index (χ1) is 12.1. The molecule has 0 N–H and O–H groups in total. The van der Waals surface area contributed by atoms with Crippen molar-refractivity contribution >= 4 is 34.1 Å². The highest BCUT2D eigenvalue weighted by Crippen LogP contribution is 2.35. The molecular formula is C23H25ClN2. The summed E-state index contributed by atoms with van der Waals surface area (Å²) in [5.41, 5.74) is 6.28. The van der Waals surface area contributed by atoms with E-state index < -0.39 is 0 Å². The third-order valence-corrected chi connectivity index (χ3v) is 5.14. The zero-order valence-electron chi connectivity index (χ0n) is 15.8. The Labute approximate surface area is 161 Å². The van der Waals surface area contributed by atoms with Gasteiger partial charge in [0.1, 0.15) is 0 Å². The lowest BCUT2D eigenvalue weighted by Crippen LogP contribution is -2.07. The highest BCUT2D eigenvalue weighted by Gasteiger charge is 2.18. The van der Waals surface area contributed by atoms with Gasteiger partial charge in [0.2, 0.25) is 0 Å². The number of hydrogen-bond acceptors (Lipinski definition) is 1. The average molecular weight is 365 g/mol. The molecule has 0 aliphatic heterocycles. The molecule has 3 heteroatoms. The van der Waals surface area contributed by atoms with E-state index in [4.69, 9.17) is 4.98 Å².